The van der Waals surface area contributed by atoms with Gasteiger partial charge in [-0.05, 0) is 87.7 Å². The summed E-state index contributed by atoms with van der Waals surface area (Å²) in [5, 5.41) is 0. The third-order valence-electron chi connectivity index (χ3n) is 7.73. The number of piperidine rings is 1. The predicted molar refractivity (Wildman–Crippen MR) is 139 cm³/mol. The van der Waals surface area contributed by atoms with Gasteiger partial charge in [-0.25, -0.2) is 4.98 Å². The van der Waals surface area contributed by atoms with Crippen molar-refractivity contribution in [3.05, 3.63) is 76.9 Å². The Bertz CT molecular complexity index is 1370. The fourth-order valence-electron chi connectivity index (χ4n) is 5.65. The van der Waals surface area contributed by atoms with E-state index in [1.165, 1.54) is 23.0 Å². The van der Waals surface area contributed by atoms with Crippen molar-refractivity contribution >= 4 is 11.5 Å². The van der Waals surface area contributed by atoms with Gasteiger partial charge in [-0.1, -0.05) is 0 Å². The molecule has 2 fully saturated rings. The number of hydrogen-bond acceptors (Lipinski definition) is 4. The molecule has 0 saturated carbocycles. The van der Waals surface area contributed by atoms with Crippen LogP contribution in [0.25, 0.3) is 5.69 Å². The van der Waals surface area contributed by atoms with E-state index in [0.717, 1.165) is 63.0 Å². The van der Waals surface area contributed by atoms with Gasteiger partial charge in [0.1, 0.15) is 0 Å². The van der Waals surface area contributed by atoms with Crippen LogP contribution in [0.4, 0.5) is 32.0 Å². The van der Waals surface area contributed by atoms with E-state index in [1.807, 2.05) is 4.90 Å². The smallest absolute Gasteiger partial charge is 0.371 e. The first kappa shape index (κ1) is 28.2. The van der Waals surface area contributed by atoms with Crippen LogP contribution in [0.1, 0.15) is 58.4 Å². The first-order chi connectivity index (χ1) is 18.9. The molecule has 11 heteroatoms. The number of carbonyl (C=O) groups is 1. The number of benzene rings is 2. The zero-order valence-corrected chi connectivity index (χ0v) is 22.0. The van der Waals surface area contributed by atoms with Gasteiger partial charge < -0.3 is 14.4 Å². The SMILES string of the molecule is Cc1cn(-c2cc(CC(=O)c3cc(N4CCC(N5CCCC5)CC4)cc(C(F)(F)F)c3)cc(C(F)(F)F)c2)cn1. The molecule has 1 aromatic heterocycles. The van der Waals surface area contributed by atoms with E-state index in [2.05, 4.69) is 9.88 Å². The Morgan fingerprint density at radius 3 is 2.08 bits per heavy atom. The second-order valence-electron chi connectivity index (χ2n) is 10.6. The van der Waals surface area contributed by atoms with E-state index in [-0.39, 0.29) is 16.8 Å². The van der Waals surface area contributed by atoms with Crippen molar-refractivity contribution < 1.29 is 31.1 Å². The standard InChI is InChI=1S/C29H30F6N4O/c1-19-17-39(18-36-19)25-11-20(10-22(15-25)28(30,31)32)12-27(40)21-13-23(29(33,34)35)16-26(14-21)38-8-4-24(5-9-38)37-6-2-3-7-37/h10-11,13-18,24H,2-9,12H2,1H3. The zero-order valence-electron chi connectivity index (χ0n) is 22.0. The predicted octanol–water partition coefficient (Wildman–Crippen LogP) is 6.71. The molecule has 40 heavy (non-hydrogen) atoms. The van der Waals surface area contributed by atoms with Crippen molar-refractivity contribution in [2.75, 3.05) is 31.1 Å². The van der Waals surface area contributed by atoms with E-state index in [4.69, 9.17) is 0 Å². The van der Waals surface area contributed by atoms with Crippen molar-refractivity contribution in [1.29, 1.82) is 0 Å². The molecule has 0 atom stereocenters. The summed E-state index contributed by atoms with van der Waals surface area (Å²) in [4.78, 5) is 21.6. The quantitative estimate of drug-likeness (QED) is 0.247. The lowest BCUT2D eigenvalue weighted by Gasteiger charge is -2.38. The third-order valence-corrected chi connectivity index (χ3v) is 7.73. The number of aryl methyl sites for hydroxylation is 1. The Morgan fingerprint density at radius 1 is 0.850 bits per heavy atom. The van der Waals surface area contributed by atoms with Gasteiger partial charge in [0, 0.05) is 48.7 Å². The Morgan fingerprint density at radius 2 is 1.48 bits per heavy atom. The van der Waals surface area contributed by atoms with E-state index < -0.39 is 35.7 Å². The maximum absolute atomic E-state index is 13.8. The molecule has 0 bridgehead atoms. The van der Waals surface area contributed by atoms with Crippen LogP contribution >= 0.6 is 0 Å². The molecule has 0 unspecified atom stereocenters. The number of anilines is 1. The van der Waals surface area contributed by atoms with Gasteiger partial charge in [0.15, 0.2) is 5.78 Å². The van der Waals surface area contributed by atoms with Crippen LogP contribution in [-0.2, 0) is 18.8 Å². The minimum absolute atomic E-state index is 0.0477. The van der Waals surface area contributed by atoms with Gasteiger partial charge in [0.2, 0.25) is 0 Å². The van der Waals surface area contributed by atoms with Gasteiger partial charge in [-0.15, -0.1) is 0 Å². The molecule has 0 aliphatic carbocycles. The zero-order chi connectivity index (χ0) is 28.7. The van der Waals surface area contributed by atoms with Crippen LogP contribution in [0.3, 0.4) is 0 Å². The number of hydrogen-bond donors (Lipinski definition) is 0. The highest BCUT2D eigenvalue weighted by Crippen LogP contribution is 2.36. The Kier molecular flexibility index (Phi) is 7.69. The fraction of sp³-hybridized carbons (Fsp3) is 0.448. The van der Waals surface area contributed by atoms with Gasteiger partial charge in [-0.2, -0.15) is 26.3 Å². The average Bonchev–Trinajstić information content (AvgIpc) is 3.60. The summed E-state index contributed by atoms with van der Waals surface area (Å²) in [6.45, 7) is 4.92. The van der Waals surface area contributed by atoms with Crippen molar-refractivity contribution in [2.45, 2.75) is 57.4 Å². The van der Waals surface area contributed by atoms with Crippen molar-refractivity contribution in [3.63, 3.8) is 0 Å². The first-order valence-corrected chi connectivity index (χ1v) is 13.3. The summed E-state index contributed by atoms with van der Waals surface area (Å²) in [6.07, 6.45) is -2.96. The number of likely N-dealkylation sites (tertiary alicyclic amines) is 1. The molecule has 2 aromatic carbocycles. The number of halogens is 6. The number of ketones is 1. The van der Waals surface area contributed by atoms with Crippen molar-refractivity contribution in [1.82, 2.24) is 14.5 Å². The maximum Gasteiger partial charge on any atom is 0.416 e. The highest BCUT2D eigenvalue weighted by atomic mass is 19.4. The van der Waals surface area contributed by atoms with Gasteiger partial charge in [0.05, 0.1) is 23.1 Å². The number of carbonyl (C=O) groups excluding carboxylic acids is 1. The lowest BCUT2D eigenvalue weighted by molar-refractivity contribution is -0.138. The van der Waals surface area contributed by atoms with Crippen LogP contribution in [0.2, 0.25) is 0 Å². The van der Waals surface area contributed by atoms with Crippen molar-refractivity contribution in [2.24, 2.45) is 0 Å². The molecule has 2 aliphatic heterocycles. The van der Waals surface area contributed by atoms with Crippen LogP contribution in [0.15, 0.2) is 48.9 Å². The summed E-state index contributed by atoms with van der Waals surface area (Å²) >= 11 is 0. The lowest BCUT2D eigenvalue weighted by atomic mass is 9.97. The second-order valence-corrected chi connectivity index (χ2v) is 10.6. The highest BCUT2D eigenvalue weighted by Gasteiger charge is 2.34. The van der Waals surface area contributed by atoms with Gasteiger partial charge >= 0.3 is 12.4 Å². The Labute approximate surface area is 228 Å². The molecular formula is C29H30F6N4O. The fourth-order valence-corrected chi connectivity index (χ4v) is 5.65. The minimum Gasteiger partial charge on any atom is -0.371 e. The third kappa shape index (κ3) is 6.35. The largest absolute Gasteiger partial charge is 0.416 e. The van der Waals surface area contributed by atoms with Gasteiger partial charge in [0.25, 0.3) is 0 Å². The van der Waals surface area contributed by atoms with E-state index in [9.17, 15) is 31.1 Å². The Balaban J connectivity index is 1.42. The second kappa shape index (κ2) is 10.9. The normalized spacial score (nSPS) is 17.5. The topological polar surface area (TPSA) is 41.4 Å². The van der Waals surface area contributed by atoms with Crippen LogP contribution in [0, 0.1) is 6.92 Å². The number of Topliss-reactive ketones (excluding diaryl/α,β-unsaturated/α-hetero) is 1. The molecule has 0 spiro atoms. The molecule has 2 saturated heterocycles. The number of aromatic nitrogens is 2. The minimum atomic E-state index is -4.68. The first-order valence-electron chi connectivity index (χ1n) is 13.3. The number of nitrogens with zero attached hydrogens (tertiary/aromatic N) is 4. The molecule has 5 nitrogen and oxygen atoms in total. The molecule has 0 N–H and O–H groups in total. The lowest BCUT2D eigenvalue weighted by Crippen LogP contribution is -2.44. The van der Waals surface area contributed by atoms with Gasteiger partial charge in [-0.3, -0.25) is 4.79 Å². The summed E-state index contributed by atoms with van der Waals surface area (Å²) < 4.78 is 83.9. The molecule has 0 amide bonds. The molecular weight excluding hydrogens is 534 g/mol. The summed E-state index contributed by atoms with van der Waals surface area (Å²) in [5.41, 5.74) is -0.981. The average molecular weight is 565 g/mol. The summed E-state index contributed by atoms with van der Waals surface area (Å²) in [7, 11) is 0. The Hall–Kier alpha value is -3.34. The molecule has 5 rings (SSSR count). The molecule has 3 aromatic rings. The number of alkyl halides is 6. The van der Waals surface area contributed by atoms with Crippen LogP contribution in [0.5, 0.6) is 0 Å². The molecule has 3 heterocycles. The maximum atomic E-state index is 13.8. The molecule has 2 aliphatic rings. The van der Waals surface area contributed by atoms with E-state index >= 15 is 0 Å². The summed E-state index contributed by atoms with van der Waals surface area (Å²) in [5.74, 6) is -0.689. The van der Waals surface area contributed by atoms with Crippen LogP contribution < -0.4 is 4.90 Å². The van der Waals surface area contributed by atoms with Crippen molar-refractivity contribution in [3.8, 4) is 5.69 Å². The van der Waals surface area contributed by atoms with E-state index in [1.54, 1.807) is 13.1 Å². The molecule has 214 valence electrons. The molecule has 0 radical (unpaired) electrons. The van der Waals surface area contributed by atoms with Crippen LogP contribution in [-0.4, -0.2) is 52.5 Å². The number of rotatable bonds is 6. The summed E-state index contributed by atoms with van der Waals surface area (Å²) in [6, 6.07) is 6.91. The van der Waals surface area contributed by atoms with E-state index in [0.29, 0.717) is 30.5 Å². The highest BCUT2D eigenvalue weighted by molar-refractivity contribution is 5.98. The number of imidazole rings is 1. The monoisotopic (exact) mass is 564 g/mol.